The lowest BCUT2D eigenvalue weighted by Gasteiger charge is -2.43. The molecular weight excluding hydrogens is 412 g/mol. The average Bonchev–Trinajstić information content (AvgIpc) is 2.75. The van der Waals surface area contributed by atoms with Crippen LogP contribution < -0.4 is 0 Å². The van der Waals surface area contributed by atoms with E-state index in [1.165, 1.54) is 16.7 Å². The van der Waals surface area contributed by atoms with Crippen LogP contribution in [0.5, 0.6) is 0 Å². The van der Waals surface area contributed by atoms with Gasteiger partial charge in [-0.05, 0) is 73.7 Å². The average molecular weight is 459 g/mol. The molecule has 3 atom stereocenters. The third kappa shape index (κ3) is 6.90. The Morgan fingerprint density at radius 3 is 2.41 bits per heavy atom. The van der Waals surface area contributed by atoms with Gasteiger partial charge in [-0.25, -0.2) is 0 Å². The maximum atomic E-state index is 10.0. The second kappa shape index (κ2) is 11.3. The lowest BCUT2D eigenvalue weighted by atomic mass is 9.62. The zero-order chi connectivity index (χ0) is 24.0. The van der Waals surface area contributed by atoms with Gasteiger partial charge in [0.2, 0.25) is 0 Å². The lowest BCUT2D eigenvalue weighted by molar-refractivity contribution is 0.0998. The van der Waals surface area contributed by atoms with Crippen LogP contribution in [0.4, 0.5) is 0 Å². The summed E-state index contributed by atoms with van der Waals surface area (Å²) < 4.78 is 12.1. The molecule has 0 spiro atoms. The molecule has 2 rings (SSSR count). The van der Waals surface area contributed by atoms with Crippen molar-refractivity contribution in [2.24, 2.45) is 11.3 Å². The van der Waals surface area contributed by atoms with E-state index in [0.29, 0.717) is 18.4 Å². The normalized spacial score (nSPS) is 24.3. The maximum Gasteiger partial charge on any atom is 0.191 e. The number of ether oxygens (including phenoxy) is 1. The fourth-order valence-electron chi connectivity index (χ4n) is 4.42. The minimum Gasteiger partial charge on any atom is -0.417 e. The third-order valence-electron chi connectivity index (χ3n) is 7.82. The van der Waals surface area contributed by atoms with Crippen molar-refractivity contribution in [1.29, 1.82) is 0 Å². The highest BCUT2D eigenvalue weighted by atomic mass is 28.4. The van der Waals surface area contributed by atoms with Gasteiger partial charge in [0.15, 0.2) is 8.32 Å². The van der Waals surface area contributed by atoms with Gasteiger partial charge in [-0.1, -0.05) is 63.3 Å². The molecule has 1 saturated carbocycles. The molecule has 32 heavy (non-hydrogen) atoms. The molecule has 1 aromatic carbocycles. The molecule has 4 heteroatoms. The molecule has 180 valence electrons. The third-order valence-corrected chi connectivity index (χ3v) is 12.4. The van der Waals surface area contributed by atoms with E-state index in [-0.39, 0.29) is 17.1 Å². The summed E-state index contributed by atoms with van der Waals surface area (Å²) in [4.78, 5) is 0. The SMILES string of the molecule is C=C[C@]1(CO)CC[C@@H](C(=C)C)[C@H](c2ccc(COCCCO[Si](C)(C)C(C)(C)C)cc2)C1. The van der Waals surface area contributed by atoms with Crippen LogP contribution in [-0.2, 0) is 15.8 Å². The van der Waals surface area contributed by atoms with Crippen LogP contribution in [0.3, 0.4) is 0 Å². The molecule has 1 aromatic rings. The van der Waals surface area contributed by atoms with E-state index in [2.05, 4.69) is 78.2 Å². The molecular formula is C28H46O3Si. The molecule has 1 N–H and O–H groups in total. The number of benzene rings is 1. The molecule has 0 heterocycles. The molecule has 1 aliphatic carbocycles. The first-order chi connectivity index (χ1) is 14.9. The molecule has 0 radical (unpaired) electrons. The fourth-order valence-corrected chi connectivity index (χ4v) is 5.50. The van der Waals surface area contributed by atoms with E-state index >= 15 is 0 Å². The number of allylic oxidation sites excluding steroid dienone is 1. The van der Waals surface area contributed by atoms with Gasteiger partial charge in [0.05, 0.1) is 13.2 Å². The van der Waals surface area contributed by atoms with Crippen molar-refractivity contribution < 1.29 is 14.3 Å². The van der Waals surface area contributed by atoms with Crippen molar-refractivity contribution in [3.05, 3.63) is 60.2 Å². The molecule has 0 amide bonds. The summed E-state index contributed by atoms with van der Waals surface area (Å²) in [6.45, 7) is 24.1. The van der Waals surface area contributed by atoms with Crippen molar-refractivity contribution in [2.75, 3.05) is 19.8 Å². The van der Waals surface area contributed by atoms with E-state index in [4.69, 9.17) is 9.16 Å². The summed E-state index contributed by atoms with van der Waals surface area (Å²) in [6, 6.07) is 8.83. The van der Waals surface area contributed by atoms with Gasteiger partial charge in [-0.2, -0.15) is 0 Å². The second-order valence-corrected chi connectivity index (χ2v) is 16.1. The molecule has 0 aromatic heterocycles. The van der Waals surface area contributed by atoms with Crippen molar-refractivity contribution in [3.8, 4) is 0 Å². The Hall–Kier alpha value is -1.20. The summed E-state index contributed by atoms with van der Waals surface area (Å²) >= 11 is 0. The fraction of sp³-hybridized carbons (Fsp3) is 0.643. The van der Waals surface area contributed by atoms with Gasteiger partial charge in [-0.15, -0.1) is 6.58 Å². The van der Waals surface area contributed by atoms with Gasteiger partial charge < -0.3 is 14.3 Å². The minimum absolute atomic E-state index is 0.168. The number of aliphatic hydroxyl groups is 1. The Balaban J connectivity index is 1.88. The highest BCUT2D eigenvalue weighted by Gasteiger charge is 2.39. The Morgan fingerprint density at radius 1 is 1.22 bits per heavy atom. The van der Waals surface area contributed by atoms with E-state index in [0.717, 1.165) is 38.9 Å². The van der Waals surface area contributed by atoms with Crippen LogP contribution in [0, 0.1) is 11.3 Å². The van der Waals surface area contributed by atoms with E-state index < -0.39 is 8.32 Å². The van der Waals surface area contributed by atoms with Crippen molar-refractivity contribution in [2.45, 2.75) is 84.0 Å². The predicted molar refractivity (Wildman–Crippen MR) is 138 cm³/mol. The van der Waals surface area contributed by atoms with E-state index in [9.17, 15) is 5.11 Å². The van der Waals surface area contributed by atoms with E-state index in [1.54, 1.807) is 0 Å². The van der Waals surface area contributed by atoms with Gasteiger partial charge in [0, 0.05) is 18.6 Å². The molecule has 1 fully saturated rings. The summed E-state index contributed by atoms with van der Waals surface area (Å²) in [5.74, 6) is 0.825. The van der Waals surface area contributed by atoms with Gasteiger partial charge in [0.25, 0.3) is 0 Å². The van der Waals surface area contributed by atoms with E-state index in [1.807, 2.05) is 6.08 Å². The first kappa shape index (κ1) is 27.0. The number of aliphatic hydroxyl groups excluding tert-OH is 1. The standard InChI is InChI=1S/C28H46O3Si/c1-9-28(21-29)16-15-25(22(2)3)26(19-28)24-13-11-23(12-14-24)20-30-17-10-18-31-32(7,8)27(4,5)6/h9,11-14,25-26,29H,1-2,10,15-21H2,3-8H3/t25-,26-,28-/m0/s1. The predicted octanol–water partition coefficient (Wildman–Crippen LogP) is 7.24. The number of hydrogen-bond donors (Lipinski definition) is 1. The summed E-state index contributed by atoms with van der Waals surface area (Å²) in [5.41, 5.74) is 3.57. The molecule has 1 aliphatic rings. The second-order valence-electron chi connectivity index (χ2n) is 11.3. The van der Waals surface area contributed by atoms with Crippen LogP contribution in [0.2, 0.25) is 18.1 Å². The highest BCUT2D eigenvalue weighted by molar-refractivity contribution is 6.74. The maximum absolute atomic E-state index is 10.0. The van der Waals surface area contributed by atoms with Gasteiger partial charge in [0.1, 0.15) is 0 Å². The number of hydrogen-bond acceptors (Lipinski definition) is 3. The molecule has 0 unspecified atom stereocenters. The summed E-state index contributed by atoms with van der Waals surface area (Å²) in [5, 5.41) is 10.3. The smallest absolute Gasteiger partial charge is 0.191 e. The van der Waals surface area contributed by atoms with Crippen molar-refractivity contribution >= 4 is 8.32 Å². The monoisotopic (exact) mass is 458 g/mol. The Bertz CT molecular complexity index is 747. The topological polar surface area (TPSA) is 38.7 Å². The summed E-state index contributed by atoms with van der Waals surface area (Å²) in [6.07, 6.45) is 5.85. The quantitative estimate of drug-likeness (QED) is 0.216. The zero-order valence-electron chi connectivity index (χ0n) is 21.4. The highest BCUT2D eigenvalue weighted by Crippen LogP contribution is 2.49. The largest absolute Gasteiger partial charge is 0.417 e. The first-order valence-corrected chi connectivity index (χ1v) is 15.1. The minimum atomic E-state index is -1.67. The van der Waals surface area contributed by atoms with Crippen LogP contribution in [0.15, 0.2) is 49.1 Å². The lowest BCUT2D eigenvalue weighted by Crippen LogP contribution is -2.41. The Morgan fingerprint density at radius 2 is 1.88 bits per heavy atom. The van der Waals surface area contributed by atoms with Crippen LogP contribution >= 0.6 is 0 Å². The Labute approximate surface area is 198 Å². The number of rotatable bonds is 11. The van der Waals surface area contributed by atoms with Gasteiger partial charge >= 0.3 is 0 Å². The Kier molecular flexibility index (Phi) is 9.54. The zero-order valence-corrected chi connectivity index (χ0v) is 22.4. The molecule has 0 aliphatic heterocycles. The van der Waals surface area contributed by atoms with Gasteiger partial charge in [-0.3, -0.25) is 0 Å². The summed E-state index contributed by atoms with van der Waals surface area (Å²) in [7, 11) is -1.67. The van der Waals surface area contributed by atoms with Crippen LogP contribution in [0.1, 0.15) is 70.4 Å². The molecule has 0 saturated heterocycles. The van der Waals surface area contributed by atoms with Crippen LogP contribution in [0.25, 0.3) is 0 Å². The van der Waals surface area contributed by atoms with Crippen LogP contribution in [-0.4, -0.2) is 33.2 Å². The molecule has 3 nitrogen and oxygen atoms in total. The molecule has 0 bridgehead atoms. The van der Waals surface area contributed by atoms with Crippen molar-refractivity contribution in [3.63, 3.8) is 0 Å². The van der Waals surface area contributed by atoms with Crippen molar-refractivity contribution in [1.82, 2.24) is 0 Å². The first-order valence-electron chi connectivity index (χ1n) is 12.1.